The Kier molecular flexibility index (Phi) is 2.31. The van der Waals surface area contributed by atoms with E-state index in [2.05, 4.69) is 5.32 Å². The lowest BCUT2D eigenvalue weighted by Gasteiger charge is -2.42. The Morgan fingerprint density at radius 1 is 1.19 bits per heavy atom. The average Bonchev–Trinajstić information content (AvgIpc) is 2.27. The van der Waals surface area contributed by atoms with E-state index in [0.717, 1.165) is 0 Å². The molecule has 1 heterocycles. The second kappa shape index (κ2) is 3.31. The van der Waals surface area contributed by atoms with Crippen LogP contribution in [-0.2, 0) is 14.6 Å². The molecule has 1 unspecified atom stereocenters. The molecular weight excluding hydrogens is 226 g/mol. The lowest BCUT2D eigenvalue weighted by molar-refractivity contribution is -0.139. The van der Waals surface area contributed by atoms with E-state index in [0.29, 0.717) is 0 Å². The summed E-state index contributed by atoms with van der Waals surface area (Å²) in [6.45, 7) is 3.27. The molecule has 0 aliphatic carbocycles. The minimum absolute atomic E-state index is 0.225. The summed E-state index contributed by atoms with van der Waals surface area (Å²) in [5, 5.41) is 1.62. The summed E-state index contributed by atoms with van der Waals surface area (Å²) < 4.78 is 24.3. The molecule has 16 heavy (non-hydrogen) atoms. The summed E-state index contributed by atoms with van der Waals surface area (Å²) in [7, 11) is -3.47. The number of rotatable bonds is 2. The SMILES string of the molecule is CC1(C)C(=O)NC1S(=O)(=O)c1ccccc1. The molecule has 1 aliphatic rings. The van der Waals surface area contributed by atoms with E-state index in [9.17, 15) is 13.2 Å². The number of carbonyl (C=O) groups is 1. The van der Waals surface area contributed by atoms with Crippen molar-refractivity contribution in [2.75, 3.05) is 0 Å². The van der Waals surface area contributed by atoms with Gasteiger partial charge in [0.15, 0.2) is 9.84 Å². The van der Waals surface area contributed by atoms with Crippen molar-refractivity contribution in [2.45, 2.75) is 24.1 Å². The van der Waals surface area contributed by atoms with Crippen molar-refractivity contribution in [2.24, 2.45) is 5.41 Å². The van der Waals surface area contributed by atoms with E-state index < -0.39 is 20.6 Å². The van der Waals surface area contributed by atoms with E-state index in [1.54, 1.807) is 32.0 Å². The van der Waals surface area contributed by atoms with E-state index in [-0.39, 0.29) is 10.8 Å². The Bertz CT molecular complexity index is 519. The van der Waals surface area contributed by atoms with Crippen LogP contribution in [0.1, 0.15) is 13.8 Å². The quantitative estimate of drug-likeness (QED) is 0.781. The van der Waals surface area contributed by atoms with Crippen molar-refractivity contribution >= 4 is 15.7 Å². The van der Waals surface area contributed by atoms with Gasteiger partial charge in [0.05, 0.1) is 10.3 Å². The van der Waals surface area contributed by atoms with Gasteiger partial charge in [-0.05, 0) is 26.0 Å². The Balaban J connectivity index is 2.40. The highest BCUT2D eigenvalue weighted by Crippen LogP contribution is 2.36. The number of sulfone groups is 1. The molecule has 1 N–H and O–H groups in total. The molecule has 1 aliphatic heterocycles. The molecule has 1 saturated heterocycles. The van der Waals surface area contributed by atoms with Gasteiger partial charge in [-0.3, -0.25) is 4.79 Å². The van der Waals surface area contributed by atoms with Crippen LogP contribution in [0.5, 0.6) is 0 Å². The fraction of sp³-hybridized carbons (Fsp3) is 0.364. The van der Waals surface area contributed by atoms with Crippen LogP contribution < -0.4 is 5.32 Å². The zero-order valence-corrected chi connectivity index (χ0v) is 9.91. The number of nitrogens with one attached hydrogen (secondary N) is 1. The first-order valence-electron chi connectivity index (χ1n) is 4.97. The molecule has 0 spiro atoms. The van der Waals surface area contributed by atoms with Gasteiger partial charge in [0.2, 0.25) is 5.91 Å². The van der Waals surface area contributed by atoms with Crippen LogP contribution in [0.15, 0.2) is 35.2 Å². The molecule has 0 saturated carbocycles. The van der Waals surface area contributed by atoms with Gasteiger partial charge in [0.1, 0.15) is 5.37 Å². The smallest absolute Gasteiger partial charge is 0.229 e. The first-order valence-corrected chi connectivity index (χ1v) is 6.51. The van der Waals surface area contributed by atoms with Gasteiger partial charge >= 0.3 is 0 Å². The molecule has 0 bridgehead atoms. The molecule has 86 valence electrons. The minimum Gasteiger partial charge on any atom is -0.338 e. The van der Waals surface area contributed by atoms with Crippen molar-refractivity contribution in [3.05, 3.63) is 30.3 Å². The molecule has 0 aromatic heterocycles. The lowest BCUT2D eigenvalue weighted by atomic mass is 9.85. The number of hydrogen-bond acceptors (Lipinski definition) is 3. The summed E-state index contributed by atoms with van der Waals surface area (Å²) in [5.74, 6) is -0.225. The number of amides is 1. The van der Waals surface area contributed by atoms with E-state index >= 15 is 0 Å². The second-order valence-corrected chi connectivity index (χ2v) is 6.47. The standard InChI is InChI=1S/C11H13NO3S/c1-11(2)9(13)12-10(11)16(14,15)8-6-4-3-5-7-8/h3-7,10H,1-2H3,(H,12,13). The number of hydrogen-bond donors (Lipinski definition) is 1. The summed E-state index contributed by atoms with van der Waals surface area (Å²) in [4.78, 5) is 11.5. The van der Waals surface area contributed by atoms with Crippen molar-refractivity contribution in [3.8, 4) is 0 Å². The summed E-state index contributed by atoms with van der Waals surface area (Å²) in [6.07, 6.45) is 0. The van der Waals surface area contributed by atoms with Gasteiger partial charge < -0.3 is 5.32 Å². The van der Waals surface area contributed by atoms with Crippen molar-refractivity contribution in [3.63, 3.8) is 0 Å². The van der Waals surface area contributed by atoms with Gasteiger partial charge in [-0.1, -0.05) is 18.2 Å². The Morgan fingerprint density at radius 3 is 2.19 bits per heavy atom. The normalized spacial score (nSPS) is 23.4. The highest BCUT2D eigenvalue weighted by molar-refractivity contribution is 7.92. The molecule has 0 radical (unpaired) electrons. The van der Waals surface area contributed by atoms with Gasteiger partial charge in [-0.2, -0.15) is 0 Å². The highest BCUT2D eigenvalue weighted by atomic mass is 32.2. The van der Waals surface area contributed by atoms with Crippen molar-refractivity contribution in [1.82, 2.24) is 5.32 Å². The maximum absolute atomic E-state index is 12.2. The molecule has 2 rings (SSSR count). The second-order valence-electron chi connectivity index (χ2n) is 4.43. The Hall–Kier alpha value is -1.36. The van der Waals surface area contributed by atoms with Crippen LogP contribution in [0, 0.1) is 5.41 Å². The Morgan fingerprint density at radius 2 is 1.75 bits per heavy atom. The average molecular weight is 239 g/mol. The number of benzene rings is 1. The van der Waals surface area contributed by atoms with Crippen LogP contribution >= 0.6 is 0 Å². The topological polar surface area (TPSA) is 63.2 Å². The summed E-state index contributed by atoms with van der Waals surface area (Å²) >= 11 is 0. The van der Waals surface area contributed by atoms with Gasteiger partial charge in [0, 0.05) is 0 Å². The summed E-state index contributed by atoms with van der Waals surface area (Å²) in [5.41, 5.74) is -0.853. The fourth-order valence-electron chi connectivity index (χ4n) is 1.74. The van der Waals surface area contributed by atoms with E-state index in [1.165, 1.54) is 12.1 Å². The first-order chi connectivity index (χ1) is 7.37. The third-order valence-electron chi connectivity index (χ3n) is 2.88. The third-order valence-corrected chi connectivity index (χ3v) is 5.14. The van der Waals surface area contributed by atoms with Gasteiger partial charge in [-0.15, -0.1) is 0 Å². The largest absolute Gasteiger partial charge is 0.338 e. The van der Waals surface area contributed by atoms with E-state index in [4.69, 9.17) is 0 Å². The molecular formula is C11H13NO3S. The molecule has 1 aromatic rings. The zero-order valence-electron chi connectivity index (χ0n) is 9.10. The third kappa shape index (κ3) is 1.43. The van der Waals surface area contributed by atoms with Crippen LogP contribution in [0.3, 0.4) is 0 Å². The van der Waals surface area contributed by atoms with Crippen LogP contribution in [0.4, 0.5) is 0 Å². The number of β-lactam (4-membered cyclic amide) rings is 1. The molecule has 1 fully saturated rings. The molecule has 4 nitrogen and oxygen atoms in total. The molecule has 1 atom stereocenters. The summed E-state index contributed by atoms with van der Waals surface area (Å²) in [6, 6.07) is 8.16. The maximum atomic E-state index is 12.2. The van der Waals surface area contributed by atoms with E-state index in [1.807, 2.05) is 0 Å². The zero-order chi connectivity index (χ0) is 12.0. The van der Waals surface area contributed by atoms with Crippen LogP contribution in [0.2, 0.25) is 0 Å². The molecule has 5 heteroatoms. The van der Waals surface area contributed by atoms with Crippen molar-refractivity contribution in [1.29, 1.82) is 0 Å². The maximum Gasteiger partial charge on any atom is 0.229 e. The minimum atomic E-state index is -3.47. The highest BCUT2D eigenvalue weighted by Gasteiger charge is 2.54. The van der Waals surface area contributed by atoms with Crippen LogP contribution in [0.25, 0.3) is 0 Å². The predicted octanol–water partition coefficient (Wildman–Crippen LogP) is 0.942. The predicted molar refractivity (Wildman–Crippen MR) is 59.3 cm³/mol. The van der Waals surface area contributed by atoms with Gasteiger partial charge in [-0.25, -0.2) is 8.42 Å². The fourth-order valence-corrected chi connectivity index (χ4v) is 3.69. The number of carbonyl (C=O) groups excluding carboxylic acids is 1. The van der Waals surface area contributed by atoms with Gasteiger partial charge in [0.25, 0.3) is 0 Å². The van der Waals surface area contributed by atoms with Crippen LogP contribution in [-0.4, -0.2) is 19.7 Å². The lowest BCUT2D eigenvalue weighted by Crippen LogP contribution is -2.67. The molecule has 1 amide bonds. The Labute approximate surface area is 94.6 Å². The van der Waals surface area contributed by atoms with Crippen molar-refractivity contribution < 1.29 is 13.2 Å². The monoisotopic (exact) mass is 239 g/mol. The molecule has 1 aromatic carbocycles. The first kappa shape index (κ1) is 11.1.